The summed E-state index contributed by atoms with van der Waals surface area (Å²) in [5.41, 5.74) is -0.570. The lowest BCUT2D eigenvalue weighted by molar-refractivity contribution is 0.173. The number of epoxide rings is 1. The highest BCUT2D eigenvalue weighted by atomic mass is 19.2. The molecule has 2 aromatic rings. The van der Waals surface area contributed by atoms with E-state index < -0.39 is 29.4 Å². The van der Waals surface area contributed by atoms with E-state index in [4.69, 9.17) is 9.47 Å². The van der Waals surface area contributed by atoms with Crippen molar-refractivity contribution in [3.05, 3.63) is 53.1 Å². The molecule has 1 aliphatic carbocycles. The standard InChI is InChI=1S/C24H26F4O2/c1-2-3-14-4-6-15(7-5-14)12-29-19-11-10-17(22(26)24(19)28)16-8-9-18(20-13-30-20)23(27)21(16)25/h8-11,14-15,20H,2-7,12-13H2,1H3. The SMILES string of the molecule is CCCC1CCC(COc2ccc(-c3ccc(C4CO4)c(F)c3F)c(F)c2F)CC1. The Bertz CT molecular complexity index is 903. The second-order valence-corrected chi connectivity index (χ2v) is 8.38. The van der Waals surface area contributed by atoms with Crippen molar-refractivity contribution in [2.75, 3.05) is 13.2 Å². The fourth-order valence-corrected chi connectivity index (χ4v) is 4.40. The van der Waals surface area contributed by atoms with Crippen molar-refractivity contribution >= 4 is 0 Å². The van der Waals surface area contributed by atoms with Gasteiger partial charge in [0.15, 0.2) is 23.2 Å². The van der Waals surface area contributed by atoms with E-state index in [-0.39, 0.29) is 22.4 Å². The maximum Gasteiger partial charge on any atom is 0.201 e. The van der Waals surface area contributed by atoms with Crippen LogP contribution in [0.2, 0.25) is 0 Å². The second kappa shape index (κ2) is 8.96. The van der Waals surface area contributed by atoms with Gasteiger partial charge >= 0.3 is 0 Å². The quantitative estimate of drug-likeness (QED) is 0.355. The first-order chi connectivity index (χ1) is 14.5. The Balaban J connectivity index is 1.46. The van der Waals surface area contributed by atoms with E-state index in [0.29, 0.717) is 19.1 Å². The van der Waals surface area contributed by atoms with E-state index >= 15 is 0 Å². The summed E-state index contributed by atoms with van der Waals surface area (Å²) in [6.45, 7) is 2.84. The summed E-state index contributed by atoms with van der Waals surface area (Å²) in [7, 11) is 0. The number of benzene rings is 2. The van der Waals surface area contributed by atoms with Gasteiger partial charge in [-0.1, -0.05) is 44.7 Å². The van der Waals surface area contributed by atoms with Crippen LogP contribution >= 0.6 is 0 Å². The fraction of sp³-hybridized carbons (Fsp3) is 0.500. The zero-order valence-electron chi connectivity index (χ0n) is 17.0. The molecule has 0 amide bonds. The minimum absolute atomic E-state index is 0.0886. The van der Waals surface area contributed by atoms with Gasteiger partial charge in [-0.05, 0) is 36.8 Å². The van der Waals surface area contributed by atoms with Gasteiger partial charge in [0.25, 0.3) is 0 Å². The Morgan fingerprint density at radius 1 is 0.833 bits per heavy atom. The largest absolute Gasteiger partial charge is 0.490 e. The predicted octanol–water partition coefficient (Wildman–Crippen LogP) is 6.97. The normalized spacial score (nSPS) is 23.4. The number of hydrogen-bond acceptors (Lipinski definition) is 2. The molecular weight excluding hydrogens is 396 g/mol. The van der Waals surface area contributed by atoms with Crippen molar-refractivity contribution in [1.29, 1.82) is 0 Å². The average molecular weight is 422 g/mol. The van der Waals surface area contributed by atoms with Gasteiger partial charge in [-0.2, -0.15) is 4.39 Å². The molecule has 0 spiro atoms. The number of rotatable bonds is 7. The number of ether oxygens (including phenoxy) is 2. The van der Waals surface area contributed by atoms with Crippen LogP contribution in [-0.4, -0.2) is 13.2 Å². The molecule has 6 heteroatoms. The van der Waals surface area contributed by atoms with Gasteiger partial charge < -0.3 is 9.47 Å². The third kappa shape index (κ3) is 4.34. The fourth-order valence-electron chi connectivity index (χ4n) is 4.40. The minimum Gasteiger partial charge on any atom is -0.490 e. The molecule has 30 heavy (non-hydrogen) atoms. The summed E-state index contributed by atoms with van der Waals surface area (Å²) < 4.78 is 68.5. The van der Waals surface area contributed by atoms with Crippen molar-refractivity contribution in [2.24, 2.45) is 11.8 Å². The van der Waals surface area contributed by atoms with E-state index in [1.54, 1.807) is 0 Å². The molecule has 2 fully saturated rings. The van der Waals surface area contributed by atoms with Gasteiger partial charge in [-0.3, -0.25) is 0 Å². The maximum absolute atomic E-state index is 14.7. The van der Waals surface area contributed by atoms with Gasteiger partial charge in [-0.25, -0.2) is 13.2 Å². The Kier molecular flexibility index (Phi) is 6.32. The summed E-state index contributed by atoms with van der Waals surface area (Å²) in [6.07, 6.45) is 6.28. The van der Waals surface area contributed by atoms with Crippen LogP contribution in [0.3, 0.4) is 0 Å². The molecule has 2 nitrogen and oxygen atoms in total. The molecule has 1 unspecified atom stereocenters. The van der Waals surface area contributed by atoms with Gasteiger partial charge in [0, 0.05) is 16.7 Å². The van der Waals surface area contributed by atoms with Crippen LogP contribution in [0.15, 0.2) is 24.3 Å². The van der Waals surface area contributed by atoms with Crippen molar-refractivity contribution in [3.8, 4) is 16.9 Å². The Morgan fingerprint density at radius 3 is 2.07 bits per heavy atom. The molecular formula is C24H26F4O2. The second-order valence-electron chi connectivity index (χ2n) is 8.38. The third-order valence-corrected chi connectivity index (χ3v) is 6.27. The van der Waals surface area contributed by atoms with Crippen LogP contribution in [0.1, 0.15) is 57.1 Å². The number of hydrogen-bond donors (Lipinski definition) is 0. The zero-order chi connectivity index (χ0) is 21.3. The lowest BCUT2D eigenvalue weighted by Gasteiger charge is -2.28. The minimum atomic E-state index is -1.24. The first kappa shape index (κ1) is 21.2. The van der Waals surface area contributed by atoms with Crippen LogP contribution in [0, 0.1) is 35.1 Å². The van der Waals surface area contributed by atoms with Gasteiger partial charge in [0.1, 0.15) is 6.10 Å². The molecule has 162 valence electrons. The summed E-state index contributed by atoms with van der Waals surface area (Å²) in [6, 6.07) is 5.12. The molecule has 1 saturated carbocycles. The Hall–Kier alpha value is -2.08. The predicted molar refractivity (Wildman–Crippen MR) is 106 cm³/mol. The molecule has 2 aliphatic rings. The maximum atomic E-state index is 14.7. The molecule has 1 heterocycles. The highest BCUT2D eigenvalue weighted by molar-refractivity contribution is 5.66. The summed E-state index contributed by atoms with van der Waals surface area (Å²) >= 11 is 0. The molecule has 1 saturated heterocycles. The van der Waals surface area contributed by atoms with Crippen molar-refractivity contribution in [1.82, 2.24) is 0 Å². The molecule has 0 bridgehead atoms. The monoisotopic (exact) mass is 422 g/mol. The average Bonchev–Trinajstić information content (AvgIpc) is 3.58. The van der Waals surface area contributed by atoms with E-state index in [9.17, 15) is 17.6 Å². The van der Waals surface area contributed by atoms with Gasteiger partial charge in [-0.15, -0.1) is 0 Å². The molecule has 0 N–H and O–H groups in total. The van der Waals surface area contributed by atoms with E-state index in [2.05, 4.69) is 6.92 Å². The topological polar surface area (TPSA) is 21.8 Å². The molecule has 1 aliphatic heterocycles. The molecule has 0 radical (unpaired) electrons. The van der Waals surface area contributed by atoms with Gasteiger partial charge in [0.05, 0.1) is 13.2 Å². The summed E-state index contributed by atoms with van der Waals surface area (Å²) in [5.74, 6) is -3.84. The van der Waals surface area contributed by atoms with E-state index in [1.165, 1.54) is 37.1 Å². The van der Waals surface area contributed by atoms with Gasteiger partial charge in [0.2, 0.25) is 5.82 Å². The van der Waals surface area contributed by atoms with E-state index in [0.717, 1.165) is 31.6 Å². The van der Waals surface area contributed by atoms with Crippen LogP contribution in [-0.2, 0) is 4.74 Å². The Labute approximate surface area is 174 Å². The molecule has 0 aromatic heterocycles. The van der Waals surface area contributed by atoms with Crippen molar-refractivity contribution in [3.63, 3.8) is 0 Å². The van der Waals surface area contributed by atoms with E-state index in [1.807, 2.05) is 0 Å². The van der Waals surface area contributed by atoms with Crippen LogP contribution in [0.4, 0.5) is 17.6 Å². The van der Waals surface area contributed by atoms with Crippen LogP contribution in [0.5, 0.6) is 5.75 Å². The molecule has 1 atom stereocenters. The zero-order valence-corrected chi connectivity index (χ0v) is 17.0. The lowest BCUT2D eigenvalue weighted by Crippen LogP contribution is -2.20. The van der Waals surface area contributed by atoms with Crippen molar-refractivity contribution < 1.29 is 27.0 Å². The Morgan fingerprint density at radius 2 is 1.43 bits per heavy atom. The van der Waals surface area contributed by atoms with Crippen molar-refractivity contribution in [2.45, 2.75) is 51.6 Å². The highest BCUT2D eigenvalue weighted by Crippen LogP contribution is 2.38. The van der Waals surface area contributed by atoms with Crippen LogP contribution in [0.25, 0.3) is 11.1 Å². The first-order valence-electron chi connectivity index (χ1n) is 10.7. The summed E-state index contributed by atoms with van der Waals surface area (Å²) in [5, 5.41) is 0. The third-order valence-electron chi connectivity index (χ3n) is 6.27. The molecule has 4 rings (SSSR count). The summed E-state index contributed by atoms with van der Waals surface area (Å²) in [4.78, 5) is 0. The number of halogens is 4. The smallest absolute Gasteiger partial charge is 0.201 e. The first-order valence-corrected chi connectivity index (χ1v) is 10.7. The molecule has 2 aromatic carbocycles. The highest BCUT2D eigenvalue weighted by Gasteiger charge is 2.31. The lowest BCUT2D eigenvalue weighted by atomic mass is 9.80. The van der Waals surface area contributed by atoms with Crippen LogP contribution < -0.4 is 4.74 Å².